The lowest BCUT2D eigenvalue weighted by atomic mass is 9.96. The van der Waals surface area contributed by atoms with E-state index in [0.29, 0.717) is 5.92 Å². The van der Waals surface area contributed by atoms with Gasteiger partial charge in [-0.15, -0.1) is 0 Å². The molecule has 1 heteroatoms. The van der Waals surface area contributed by atoms with Gasteiger partial charge in [0.15, 0.2) is 0 Å². The molecule has 1 aliphatic carbocycles. The summed E-state index contributed by atoms with van der Waals surface area (Å²) in [7, 11) is 0. The third-order valence-corrected chi connectivity index (χ3v) is 4.18. The average Bonchev–Trinajstić information content (AvgIpc) is 3.03. The Morgan fingerprint density at radius 2 is 1.84 bits per heavy atom. The van der Waals surface area contributed by atoms with E-state index in [1.54, 1.807) is 0 Å². The first-order valence-electron chi connectivity index (χ1n) is 6.95. The molecule has 0 saturated carbocycles. The highest BCUT2D eigenvalue weighted by molar-refractivity contribution is 5.77. The maximum atomic E-state index is 5.94. The van der Waals surface area contributed by atoms with E-state index in [4.69, 9.17) is 4.42 Å². The summed E-state index contributed by atoms with van der Waals surface area (Å²) in [4.78, 5) is 0. The number of furan rings is 1. The average molecular weight is 248 g/mol. The fraction of sp³-hybridized carbons (Fsp3) is 0.222. The monoisotopic (exact) mass is 248 g/mol. The van der Waals surface area contributed by atoms with E-state index in [0.717, 1.165) is 17.8 Å². The van der Waals surface area contributed by atoms with Gasteiger partial charge in [-0.2, -0.15) is 0 Å². The van der Waals surface area contributed by atoms with Crippen LogP contribution in [-0.2, 0) is 12.8 Å². The van der Waals surface area contributed by atoms with Gasteiger partial charge in [0.1, 0.15) is 11.3 Å². The summed E-state index contributed by atoms with van der Waals surface area (Å²) in [5.74, 6) is 1.74. The second-order valence-electron chi connectivity index (χ2n) is 5.39. The molecule has 0 bridgehead atoms. The van der Waals surface area contributed by atoms with Crippen LogP contribution in [0.5, 0.6) is 0 Å². The minimum atomic E-state index is 0.622. The molecule has 94 valence electrons. The molecule has 1 aromatic heterocycles. The highest BCUT2D eigenvalue weighted by Gasteiger charge is 2.23. The van der Waals surface area contributed by atoms with Gasteiger partial charge >= 0.3 is 0 Å². The fourth-order valence-electron chi connectivity index (χ4n) is 3.24. The van der Waals surface area contributed by atoms with Gasteiger partial charge < -0.3 is 4.42 Å². The second kappa shape index (κ2) is 4.27. The van der Waals surface area contributed by atoms with Gasteiger partial charge in [0.05, 0.1) is 0 Å². The highest BCUT2D eigenvalue weighted by Crippen LogP contribution is 2.36. The number of rotatable bonds is 2. The summed E-state index contributed by atoms with van der Waals surface area (Å²) >= 11 is 0. The van der Waals surface area contributed by atoms with Crippen molar-refractivity contribution in [3.8, 4) is 0 Å². The predicted molar refractivity (Wildman–Crippen MR) is 77.4 cm³/mol. The van der Waals surface area contributed by atoms with Gasteiger partial charge in [-0.25, -0.2) is 0 Å². The van der Waals surface area contributed by atoms with Gasteiger partial charge in [0.2, 0.25) is 0 Å². The zero-order valence-electron chi connectivity index (χ0n) is 10.8. The molecule has 19 heavy (non-hydrogen) atoms. The molecule has 1 unspecified atom stereocenters. The number of fused-ring (bicyclic) bond motifs is 2. The molecule has 2 aromatic carbocycles. The lowest BCUT2D eigenvalue weighted by molar-refractivity contribution is 0.514. The van der Waals surface area contributed by atoms with Gasteiger partial charge in [-0.3, -0.25) is 0 Å². The topological polar surface area (TPSA) is 13.1 Å². The Morgan fingerprint density at radius 3 is 2.79 bits per heavy atom. The zero-order valence-corrected chi connectivity index (χ0v) is 10.8. The molecule has 0 spiro atoms. The maximum Gasteiger partial charge on any atom is 0.134 e. The van der Waals surface area contributed by atoms with Crippen molar-refractivity contribution in [3.05, 3.63) is 71.5 Å². The smallest absolute Gasteiger partial charge is 0.134 e. The molecule has 0 saturated heterocycles. The van der Waals surface area contributed by atoms with Crippen molar-refractivity contribution in [1.29, 1.82) is 0 Å². The van der Waals surface area contributed by atoms with Crippen molar-refractivity contribution in [1.82, 2.24) is 0 Å². The van der Waals surface area contributed by atoms with Crippen LogP contribution in [0.2, 0.25) is 0 Å². The third-order valence-electron chi connectivity index (χ3n) is 4.18. The van der Waals surface area contributed by atoms with Crippen LogP contribution in [0.25, 0.3) is 11.0 Å². The standard InChI is InChI=1S/C18H16O/c1-3-7-17-13(5-1)9-10-14(17)11-16-12-15-6-2-4-8-18(15)19-16/h1-8,12,14H,9-11H2. The summed E-state index contributed by atoms with van der Waals surface area (Å²) in [6.07, 6.45) is 3.48. The van der Waals surface area contributed by atoms with Crippen molar-refractivity contribution in [2.24, 2.45) is 0 Å². The lowest BCUT2D eigenvalue weighted by Crippen LogP contribution is -1.97. The molecule has 4 rings (SSSR count). The van der Waals surface area contributed by atoms with Gasteiger partial charge in [-0.1, -0.05) is 42.5 Å². The molecule has 0 fully saturated rings. The van der Waals surface area contributed by atoms with Crippen LogP contribution in [0.3, 0.4) is 0 Å². The molecule has 1 atom stereocenters. The number of aryl methyl sites for hydroxylation is 1. The molecule has 3 aromatic rings. The fourth-order valence-corrected chi connectivity index (χ4v) is 3.24. The second-order valence-corrected chi connectivity index (χ2v) is 5.39. The van der Waals surface area contributed by atoms with E-state index >= 15 is 0 Å². The molecule has 0 radical (unpaired) electrons. The summed E-state index contributed by atoms with van der Waals surface area (Å²) in [5, 5.41) is 1.21. The number of hydrogen-bond acceptors (Lipinski definition) is 1. The van der Waals surface area contributed by atoms with Crippen molar-refractivity contribution in [2.45, 2.75) is 25.2 Å². The van der Waals surface area contributed by atoms with Crippen molar-refractivity contribution < 1.29 is 4.42 Å². The van der Waals surface area contributed by atoms with Crippen LogP contribution in [0.1, 0.15) is 29.2 Å². The normalized spacial score (nSPS) is 17.8. The van der Waals surface area contributed by atoms with E-state index in [2.05, 4.69) is 42.5 Å². The first kappa shape index (κ1) is 10.9. The van der Waals surface area contributed by atoms with Gasteiger partial charge in [0, 0.05) is 11.8 Å². The van der Waals surface area contributed by atoms with E-state index in [1.165, 1.54) is 29.4 Å². The van der Waals surface area contributed by atoms with Crippen molar-refractivity contribution in [3.63, 3.8) is 0 Å². The Hall–Kier alpha value is -2.02. The van der Waals surface area contributed by atoms with Crippen molar-refractivity contribution in [2.75, 3.05) is 0 Å². The van der Waals surface area contributed by atoms with Gasteiger partial charge in [0.25, 0.3) is 0 Å². The Bertz CT molecular complexity index is 690. The Morgan fingerprint density at radius 1 is 1.00 bits per heavy atom. The highest BCUT2D eigenvalue weighted by atomic mass is 16.3. The molecule has 0 amide bonds. The maximum absolute atomic E-state index is 5.94. The first-order chi connectivity index (χ1) is 9.40. The number of para-hydroxylation sites is 1. The van der Waals surface area contributed by atoms with E-state index in [-0.39, 0.29) is 0 Å². The minimum Gasteiger partial charge on any atom is -0.461 e. The lowest BCUT2D eigenvalue weighted by Gasteiger charge is -2.09. The summed E-state index contributed by atoms with van der Waals surface area (Å²) < 4.78 is 5.94. The number of benzene rings is 2. The SMILES string of the molecule is c1ccc2c(c1)CCC2Cc1cc2ccccc2o1. The Kier molecular flexibility index (Phi) is 2.44. The molecular formula is C18H16O. The van der Waals surface area contributed by atoms with Crippen LogP contribution in [0.4, 0.5) is 0 Å². The molecular weight excluding hydrogens is 232 g/mol. The predicted octanol–water partition coefficient (Wildman–Crippen LogP) is 4.71. The quantitative estimate of drug-likeness (QED) is 0.640. The van der Waals surface area contributed by atoms with E-state index < -0.39 is 0 Å². The zero-order chi connectivity index (χ0) is 12.7. The molecule has 1 aliphatic rings. The molecule has 1 heterocycles. The molecule has 1 nitrogen and oxygen atoms in total. The van der Waals surface area contributed by atoms with Crippen LogP contribution >= 0.6 is 0 Å². The Labute approximate surface area is 112 Å². The van der Waals surface area contributed by atoms with E-state index in [1.807, 2.05) is 12.1 Å². The molecule has 0 N–H and O–H groups in total. The largest absolute Gasteiger partial charge is 0.461 e. The number of hydrogen-bond donors (Lipinski definition) is 0. The summed E-state index contributed by atoms with van der Waals surface area (Å²) in [6, 6.07) is 19.3. The van der Waals surface area contributed by atoms with Crippen LogP contribution in [0, 0.1) is 0 Å². The van der Waals surface area contributed by atoms with Crippen LogP contribution in [-0.4, -0.2) is 0 Å². The van der Waals surface area contributed by atoms with Crippen molar-refractivity contribution >= 4 is 11.0 Å². The first-order valence-corrected chi connectivity index (χ1v) is 6.95. The summed E-state index contributed by atoms with van der Waals surface area (Å²) in [6.45, 7) is 0. The van der Waals surface area contributed by atoms with Crippen LogP contribution in [0.15, 0.2) is 59.0 Å². The minimum absolute atomic E-state index is 0.622. The Balaban J connectivity index is 1.65. The van der Waals surface area contributed by atoms with Crippen LogP contribution < -0.4 is 0 Å². The van der Waals surface area contributed by atoms with Gasteiger partial charge in [-0.05, 0) is 42.0 Å². The van der Waals surface area contributed by atoms with E-state index in [9.17, 15) is 0 Å². The molecule has 0 aliphatic heterocycles. The third kappa shape index (κ3) is 1.86. The summed E-state index contributed by atoms with van der Waals surface area (Å²) in [5.41, 5.74) is 4.04.